The van der Waals surface area contributed by atoms with Gasteiger partial charge in [0.15, 0.2) is 0 Å². The quantitative estimate of drug-likeness (QED) is 0.901. The summed E-state index contributed by atoms with van der Waals surface area (Å²) in [5.74, 6) is 0.871. The van der Waals surface area contributed by atoms with Gasteiger partial charge in [0.25, 0.3) is 0 Å². The Labute approximate surface area is 125 Å². The van der Waals surface area contributed by atoms with Crippen molar-refractivity contribution in [1.82, 2.24) is 20.4 Å². The van der Waals surface area contributed by atoms with Crippen LogP contribution in [0, 0.1) is 0 Å². The largest absolute Gasteiger partial charge is 0.497 e. The van der Waals surface area contributed by atoms with Gasteiger partial charge in [0.1, 0.15) is 5.75 Å². The molecular weight excluding hydrogens is 264 g/mol. The molecule has 1 fully saturated rings. The predicted octanol–water partition coefficient (Wildman–Crippen LogP) is 1.88. The van der Waals surface area contributed by atoms with Crippen molar-refractivity contribution in [3.05, 3.63) is 36.0 Å². The fourth-order valence-corrected chi connectivity index (χ4v) is 2.84. The lowest BCUT2D eigenvalue weighted by molar-refractivity contribution is 0.200. The first-order valence-electron chi connectivity index (χ1n) is 7.38. The topological polar surface area (TPSA) is 53.2 Å². The fraction of sp³-hybridized carbons (Fsp3) is 0.438. The highest BCUT2D eigenvalue weighted by Gasteiger charge is 2.18. The van der Waals surface area contributed by atoms with Crippen molar-refractivity contribution in [3.8, 4) is 17.0 Å². The highest BCUT2D eigenvalue weighted by Crippen LogP contribution is 2.24. The summed E-state index contributed by atoms with van der Waals surface area (Å²) in [7, 11) is 1.68. The van der Waals surface area contributed by atoms with E-state index >= 15 is 0 Å². The third-order valence-electron chi connectivity index (χ3n) is 3.94. The lowest BCUT2D eigenvalue weighted by atomic mass is 10.1. The molecule has 3 rings (SSSR count). The van der Waals surface area contributed by atoms with E-state index in [1.807, 2.05) is 18.3 Å². The Hall–Kier alpha value is -1.85. The molecule has 5 heteroatoms. The summed E-state index contributed by atoms with van der Waals surface area (Å²) in [4.78, 5) is 2.47. The van der Waals surface area contributed by atoms with E-state index < -0.39 is 0 Å². The summed E-state index contributed by atoms with van der Waals surface area (Å²) in [5.41, 5.74) is 3.49. The Morgan fingerprint density at radius 2 is 2.14 bits per heavy atom. The van der Waals surface area contributed by atoms with Crippen LogP contribution in [0.15, 0.2) is 30.5 Å². The highest BCUT2D eigenvalue weighted by atomic mass is 16.5. The Balaban J connectivity index is 1.76. The zero-order valence-corrected chi connectivity index (χ0v) is 12.6. The summed E-state index contributed by atoms with van der Waals surface area (Å²) >= 11 is 0. The van der Waals surface area contributed by atoms with Gasteiger partial charge in [-0.05, 0) is 31.2 Å². The van der Waals surface area contributed by atoms with Crippen LogP contribution in [0.3, 0.4) is 0 Å². The number of methoxy groups -OCH3 is 1. The van der Waals surface area contributed by atoms with Crippen LogP contribution in [0.25, 0.3) is 11.3 Å². The monoisotopic (exact) mass is 286 g/mol. The van der Waals surface area contributed by atoms with Gasteiger partial charge in [0.05, 0.1) is 19.0 Å². The molecule has 1 aromatic carbocycles. The van der Waals surface area contributed by atoms with Gasteiger partial charge in [-0.15, -0.1) is 0 Å². The van der Waals surface area contributed by atoms with Crippen LogP contribution in [-0.4, -0.2) is 47.9 Å². The van der Waals surface area contributed by atoms with Crippen LogP contribution >= 0.6 is 0 Å². The lowest BCUT2D eigenvalue weighted by Crippen LogP contribution is -2.48. The maximum absolute atomic E-state index is 5.21. The van der Waals surface area contributed by atoms with E-state index in [-0.39, 0.29) is 0 Å². The number of piperazine rings is 1. The number of ether oxygens (including phenoxy) is 1. The number of hydrogen-bond acceptors (Lipinski definition) is 4. The molecule has 1 aliphatic heterocycles. The minimum absolute atomic E-state index is 0.551. The molecule has 0 spiro atoms. The summed E-state index contributed by atoms with van der Waals surface area (Å²) in [6.07, 6.45) is 1.94. The van der Waals surface area contributed by atoms with Crippen LogP contribution < -0.4 is 10.1 Å². The lowest BCUT2D eigenvalue weighted by Gasteiger charge is -2.31. The second-order valence-electron chi connectivity index (χ2n) is 5.59. The van der Waals surface area contributed by atoms with E-state index in [2.05, 4.69) is 39.5 Å². The molecule has 0 bridgehead atoms. The Morgan fingerprint density at radius 1 is 1.33 bits per heavy atom. The van der Waals surface area contributed by atoms with Gasteiger partial charge < -0.3 is 10.1 Å². The third kappa shape index (κ3) is 3.25. The van der Waals surface area contributed by atoms with Crippen molar-refractivity contribution < 1.29 is 4.74 Å². The molecule has 2 heterocycles. The first kappa shape index (κ1) is 14.1. The van der Waals surface area contributed by atoms with Gasteiger partial charge in [-0.1, -0.05) is 0 Å². The van der Waals surface area contributed by atoms with E-state index in [0.29, 0.717) is 6.04 Å². The van der Waals surface area contributed by atoms with Crippen LogP contribution in [0.5, 0.6) is 5.75 Å². The van der Waals surface area contributed by atoms with Crippen LogP contribution in [-0.2, 0) is 6.54 Å². The molecule has 0 amide bonds. The number of nitrogens with one attached hydrogen (secondary N) is 2. The molecule has 2 aromatic rings. The molecule has 1 aromatic heterocycles. The molecule has 0 aliphatic carbocycles. The number of hydrogen-bond donors (Lipinski definition) is 2. The maximum atomic E-state index is 5.21. The number of aromatic nitrogens is 2. The molecule has 1 aliphatic rings. The Bertz CT molecular complexity index is 578. The molecule has 1 saturated heterocycles. The van der Waals surface area contributed by atoms with Gasteiger partial charge >= 0.3 is 0 Å². The zero-order chi connectivity index (χ0) is 14.7. The van der Waals surface area contributed by atoms with Crippen LogP contribution in [0.2, 0.25) is 0 Å². The molecule has 112 valence electrons. The highest BCUT2D eigenvalue weighted by molar-refractivity contribution is 5.63. The standard InChI is InChI=1S/C16H22N4O/c1-12-10-20(8-7-17-12)11-14-9-18-19-16(14)13-3-5-15(21-2)6-4-13/h3-6,9,12,17H,7-8,10-11H2,1-2H3,(H,18,19)/t12-/m0/s1. The smallest absolute Gasteiger partial charge is 0.118 e. The second kappa shape index (κ2) is 6.28. The molecule has 2 N–H and O–H groups in total. The molecule has 0 radical (unpaired) electrons. The average molecular weight is 286 g/mol. The van der Waals surface area contributed by atoms with E-state index in [0.717, 1.165) is 43.2 Å². The third-order valence-corrected chi connectivity index (χ3v) is 3.94. The molecular formula is C16H22N4O. The minimum Gasteiger partial charge on any atom is -0.497 e. The summed E-state index contributed by atoms with van der Waals surface area (Å²) in [5, 5.41) is 10.8. The molecule has 21 heavy (non-hydrogen) atoms. The van der Waals surface area contributed by atoms with Crippen molar-refractivity contribution in [2.24, 2.45) is 0 Å². The zero-order valence-electron chi connectivity index (χ0n) is 12.6. The number of benzene rings is 1. The van der Waals surface area contributed by atoms with E-state index in [1.54, 1.807) is 7.11 Å². The fourth-order valence-electron chi connectivity index (χ4n) is 2.84. The average Bonchev–Trinajstić information content (AvgIpc) is 2.95. The number of rotatable bonds is 4. The van der Waals surface area contributed by atoms with E-state index in [4.69, 9.17) is 4.74 Å². The van der Waals surface area contributed by atoms with Gasteiger partial charge in [-0.25, -0.2) is 0 Å². The summed E-state index contributed by atoms with van der Waals surface area (Å²) < 4.78 is 5.21. The van der Waals surface area contributed by atoms with Crippen molar-refractivity contribution in [1.29, 1.82) is 0 Å². The van der Waals surface area contributed by atoms with Crippen LogP contribution in [0.1, 0.15) is 12.5 Å². The maximum Gasteiger partial charge on any atom is 0.118 e. The number of aromatic amines is 1. The minimum atomic E-state index is 0.551. The van der Waals surface area contributed by atoms with Crippen LogP contribution in [0.4, 0.5) is 0 Å². The first-order chi connectivity index (χ1) is 10.3. The molecule has 1 atom stereocenters. The van der Waals surface area contributed by atoms with E-state index in [9.17, 15) is 0 Å². The normalized spacial score (nSPS) is 19.6. The molecule has 0 saturated carbocycles. The first-order valence-corrected chi connectivity index (χ1v) is 7.38. The van der Waals surface area contributed by atoms with Gasteiger partial charge in [-0.2, -0.15) is 5.10 Å². The van der Waals surface area contributed by atoms with Gasteiger partial charge in [0, 0.05) is 43.3 Å². The summed E-state index contributed by atoms with van der Waals surface area (Å²) in [6.45, 7) is 6.37. The van der Waals surface area contributed by atoms with Crippen molar-refractivity contribution in [2.45, 2.75) is 19.5 Å². The van der Waals surface area contributed by atoms with Crippen molar-refractivity contribution in [2.75, 3.05) is 26.7 Å². The van der Waals surface area contributed by atoms with Crippen molar-refractivity contribution in [3.63, 3.8) is 0 Å². The van der Waals surface area contributed by atoms with Gasteiger partial charge in [-0.3, -0.25) is 10.00 Å². The van der Waals surface area contributed by atoms with Crippen molar-refractivity contribution >= 4 is 0 Å². The predicted molar refractivity (Wildman–Crippen MR) is 83.3 cm³/mol. The van der Waals surface area contributed by atoms with E-state index in [1.165, 1.54) is 5.56 Å². The van der Waals surface area contributed by atoms with Gasteiger partial charge in [0.2, 0.25) is 0 Å². The number of nitrogens with zero attached hydrogens (tertiary/aromatic N) is 2. The SMILES string of the molecule is COc1ccc(-c2[nH]ncc2CN2CCN[C@@H](C)C2)cc1. The Kier molecular flexibility index (Phi) is 4.22. The Morgan fingerprint density at radius 3 is 2.86 bits per heavy atom. The number of H-pyrrole nitrogens is 1. The summed E-state index contributed by atoms with van der Waals surface area (Å²) in [6, 6.07) is 8.64. The molecule has 0 unspecified atom stereocenters. The molecule has 5 nitrogen and oxygen atoms in total. The second-order valence-corrected chi connectivity index (χ2v) is 5.59.